The van der Waals surface area contributed by atoms with Crippen molar-refractivity contribution in [1.29, 1.82) is 0 Å². The van der Waals surface area contributed by atoms with Crippen molar-refractivity contribution in [2.75, 3.05) is 5.32 Å². The molecule has 0 unspecified atom stereocenters. The van der Waals surface area contributed by atoms with E-state index in [2.05, 4.69) is 45.2 Å². The zero-order chi connectivity index (χ0) is 26.7. The van der Waals surface area contributed by atoms with Crippen LogP contribution in [0.1, 0.15) is 66.7 Å². The predicted molar refractivity (Wildman–Crippen MR) is 144 cm³/mol. The molecule has 0 aromatic heterocycles. The van der Waals surface area contributed by atoms with Crippen LogP contribution in [0.2, 0.25) is 0 Å². The van der Waals surface area contributed by atoms with Crippen molar-refractivity contribution in [1.82, 2.24) is 0 Å². The van der Waals surface area contributed by atoms with Gasteiger partial charge in [-0.2, -0.15) is 0 Å². The third-order valence-corrected chi connectivity index (χ3v) is 6.03. The number of hydrogen-bond donors (Lipinski definition) is 2. The second-order valence-corrected chi connectivity index (χ2v) is 9.80. The van der Waals surface area contributed by atoms with Gasteiger partial charge in [0.25, 0.3) is 0 Å². The van der Waals surface area contributed by atoms with Crippen molar-refractivity contribution >= 4 is 23.5 Å². The van der Waals surface area contributed by atoms with Gasteiger partial charge in [0.05, 0.1) is 12.8 Å². The van der Waals surface area contributed by atoms with E-state index in [9.17, 15) is 14.4 Å². The largest absolute Gasteiger partial charge is 0.481 e. The number of carboxylic acid groups (broad SMARTS) is 1. The third kappa shape index (κ3) is 9.90. The molecule has 0 aliphatic heterocycles. The van der Waals surface area contributed by atoms with Crippen molar-refractivity contribution < 1.29 is 24.2 Å². The molecule has 1 aromatic carbocycles. The molecular weight excluding hydrogens is 454 g/mol. The van der Waals surface area contributed by atoms with Gasteiger partial charge >= 0.3 is 11.9 Å². The van der Waals surface area contributed by atoms with E-state index < -0.39 is 11.9 Å². The molecule has 2 N–H and O–H groups in total. The SMILES string of the molecule is CC(C=CC1=C(C)CCCC1(C)C)=C/C=C/C(C)=C/C(=O)Nc1ccc(OC(=O)CCC(=O)O)cc1. The van der Waals surface area contributed by atoms with Gasteiger partial charge in [0.15, 0.2) is 0 Å². The lowest BCUT2D eigenvalue weighted by molar-refractivity contribution is -0.142. The molecule has 0 fully saturated rings. The summed E-state index contributed by atoms with van der Waals surface area (Å²) in [4.78, 5) is 34.4. The number of hydrogen-bond acceptors (Lipinski definition) is 4. The first kappa shape index (κ1) is 28.6. The second-order valence-electron chi connectivity index (χ2n) is 9.80. The first-order valence-corrected chi connectivity index (χ1v) is 12.2. The minimum atomic E-state index is -1.06. The van der Waals surface area contributed by atoms with Crippen molar-refractivity contribution in [3.05, 3.63) is 83.0 Å². The highest BCUT2D eigenvalue weighted by molar-refractivity contribution is 6.00. The van der Waals surface area contributed by atoms with Crippen molar-refractivity contribution in [3.63, 3.8) is 0 Å². The number of esters is 1. The lowest BCUT2D eigenvalue weighted by Crippen LogP contribution is -2.19. The summed E-state index contributed by atoms with van der Waals surface area (Å²) < 4.78 is 5.07. The first-order valence-electron chi connectivity index (χ1n) is 12.2. The number of carboxylic acids is 1. The molecule has 0 saturated carbocycles. The highest BCUT2D eigenvalue weighted by Gasteiger charge is 2.26. The molecule has 0 saturated heterocycles. The van der Waals surface area contributed by atoms with Gasteiger partial charge in [-0.05, 0) is 80.9 Å². The fraction of sp³-hybridized carbons (Fsp3) is 0.367. The first-order chi connectivity index (χ1) is 17.0. The summed E-state index contributed by atoms with van der Waals surface area (Å²) in [5, 5.41) is 11.4. The second kappa shape index (κ2) is 13.4. The number of carbonyl (C=O) groups excluding carboxylic acids is 2. The fourth-order valence-electron chi connectivity index (χ4n) is 4.06. The van der Waals surface area contributed by atoms with E-state index in [1.54, 1.807) is 12.1 Å². The summed E-state index contributed by atoms with van der Waals surface area (Å²) in [6, 6.07) is 6.30. The Balaban J connectivity index is 1.89. The van der Waals surface area contributed by atoms with Gasteiger partial charge in [0, 0.05) is 11.8 Å². The molecule has 192 valence electrons. The van der Waals surface area contributed by atoms with Crippen LogP contribution in [-0.4, -0.2) is 23.0 Å². The zero-order valence-electron chi connectivity index (χ0n) is 21.9. The Morgan fingerprint density at radius 2 is 1.75 bits per heavy atom. The number of amides is 1. The van der Waals surface area contributed by atoms with Crippen LogP contribution in [-0.2, 0) is 14.4 Å². The molecule has 1 aliphatic carbocycles. The summed E-state index contributed by atoms with van der Waals surface area (Å²) in [7, 11) is 0. The summed E-state index contributed by atoms with van der Waals surface area (Å²) in [6.07, 6.45) is 14.9. The van der Waals surface area contributed by atoms with Crippen LogP contribution in [0.3, 0.4) is 0 Å². The smallest absolute Gasteiger partial charge is 0.311 e. The molecule has 0 bridgehead atoms. The van der Waals surface area contributed by atoms with Crippen molar-refractivity contribution in [2.45, 2.75) is 66.7 Å². The van der Waals surface area contributed by atoms with Crippen LogP contribution in [0.5, 0.6) is 5.75 Å². The topological polar surface area (TPSA) is 92.7 Å². The number of anilines is 1. The van der Waals surface area contributed by atoms with Gasteiger partial charge < -0.3 is 15.2 Å². The number of nitrogens with one attached hydrogen (secondary N) is 1. The molecule has 0 spiro atoms. The molecule has 0 radical (unpaired) electrons. The van der Waals surface area contributed by atoms with Crippen LogP contribution in [0, 0.1) is 5.41 Å². The van der Waals surface area contributed by atoms with E-state index in [1.807, 2.05) is 25.2 Å². The van der Waals surface area contributed by atoms with Crippen LogP contribution < -0.4 is 10.1 Å². The Bertz CT molecular complexity index is 1110. The maximum absolute atomic E-state index is 12.3. The molecule has 1 aliphatic rings. The molecule has 0 atom stereocenters. The van der Waals surface area contributed by atoms with E-state index in [-0.39, 0.29) is 29.9 Å². The Morgan fingerprint density at radius 3 is 2.39 bits per heavy atom. The molecular formula is C30H37NO5. The van der Waals surface area contributed by atoms with E-state index in [0.29, 0.717) is 5.69 Å². The summed E-state index contributed by atoms with van der Waals surface area (Å²) >= 11 is 0. The maximum Gasteiger partial charge on any atom is 0.311 e. The lowest BCUT2D eigenvalue weighted by atomic mass is 9.72. The number of carbonyl (C=O) groups is 3. The van der Waals surface area contributed by atoms with E-state index in [0.717, 1.165) is 11.1 Å². The highest BCUT2D eigenvalue weighted by Crippen LogP contribution is 2.40. The Kier molecular flexibility index (Phi) is 10.7. The molecule has 6 heteroatoms. The monoisotopic (exact) mass is 491 g/mol. The number of aliphatic carboxylic acids is 1. The van der Waals surface area contributed by atoms with Crippen molar-refractivity contribution in [2.24, 2.45) is 5.41 Å². The molecule has 2 rings (SSSR count). The molecule has 1 aromatic rings. The third-order valence-electron chi connectivity index (χ3n) is 6.03. The number of rotatable bonds is 10. The minimum Gasteiger partial charge on any atom is -0.481 e. The van der Waals surface area contributed by atoms with Gasteiger partial charge in [-0.1, -0.05) is 55.4 Å². The van der Waals surface area contributed by atoms with E-state index in [1.165, 1.54) is 48.6 Å². The van der Waals surface area contributed by atoms with E-state index >= 15 is 0 Å². The fourth-order valence-corrected chi connectivity index (χ4v) is 4.06. The number of benzene rings is 1. The van der Waals surface area contributed by atoms with Gasteiger partial charge in [-0.15, -0.1) is 0 Å². The number of ether oxygens (including phenoxy) is 1. The van der Waals surface area contributed by atoms with E-state index in [4.69, 9.17) is 9.84 Å². The van der Waals surface area contributed by atoms with Crippen LogP contribution in [0.15, 0.2) is 83.0 Å². The maximum atomic E-state index is 12.3. The quantitative estimate of drug-likeness (QED) is 0.160. The van der Waals surface area contributed by atoms with Crippen LogP contribution in [0.25, 0.3) is 0 Å². The Labute approximate surface area is 214 Å². The molecule has 0 heterocycles. The van der Waals surface area contributed by atoms with Gasteiger partial charge in [0.1, 0.15) is 5.75 Å². The summed E-state index contributed by atoms with van der Waals surface area (Å²) in [6.45, 7) is 10.8. The molecule has 1 amide bonds. The zero-order valence-corrected chi connectivity index (χ0v) is 21.9. The van der Waals surface area contributed by atoms with Crippen LogP contribution >= 0.6 is 0 Å². The lowest BCUT2D eigenvalue weighted by Gasteiger charge is -2.32. The normalized spacial score (nSPS) is 16.5. The highest BCUT2D eigenvalue weighted by atomic mass is 16.5. The van der Waals surface area contributed by atoms with Crippen molar-refractivity contribution in [3.8, 4) is 5.75 Å². The van der Waals surface area contributed by atoms with Gasteiger partial charge in [0.2, 0.25) is 5.91 Å². The minimum absolute atomic E-state index is 0.202. The number of allylic oxidation sites excluding steroid dienone is 9. The Hall–Kier alpha value is -3.67. The van der Waals surface area contributed by atoms with Crippen LogP contribution in [0.4, 0.5) is 5.69 Å². The summed E-state index contributed by atoms with van der Waals surface area (Å²) in [5.41, 5.74) is 5.61. The average molecular weight is 492 g/mol. The summed E-state index contributed by atoms with van der Waals surface area (Å²) in [5.74, 6) is -1.67. The standard InChI is InChI=1S/C30H37NO5/c1-21(11-16-26-23(3)10-7-19-30(26,4)5)8-6-9-22(2)20-27(32)31-24-12-14-25(15-13-24)36-29(35)18-17-28(33)34/h6,8-9,11-16,20H,7,10,17-19H2,1-5H3,(H,31,32)(H,33,34)/b9-6+,16-11?,21-8?,22-20+. The predicted octanol–water partition coefficient (Wildman–Crippen LogP) is 6.93. The average Bonchev–Trinajstić information content (AvgIpc) is 2.78. The van der Waals surface area contributed by atoms with Gasteiger partial charge in [-0.3, -0.25) is 14.4 Å². The van der Waals surface area contributed by atoms with Gasteiger partial charge in [-0.25, -0.2) is 0 Å². The molecule has 6 nitrogen and oxygen atoms in total. The Morgan fingerprint density at radius 1 is 1.06 bits per heavy atom. The molecule has 36 heavy (non-hydrogen) atoms.